The van der Waals surface area contributed by atoms with Crippen LogP contribution < -0.4 is 9.80 Å². The first kappa shape index (κ1) is 15.5. The molecule has 1 N–H and O–H groups in total. The van der Waals surface area contributed by atoms with E-state index in [1.807, 2.05) is 0 Å². The van der Waals surface area contributed by atoms with Gasteiger partial charge in [-0.05, 0) is 19.4 Å². The van der Waals surface area contributed by atoms with Gasteiger partial charge >= 0.3 is 0 Å². The van der Waals surface area contributed by atoms with Gasteiger partial charge in [0.1, 0.15) is 17.0 Å². The third-order valence-corrected chi connectivity index (χ3v) is 5.91. The normalized spacial score (nSPS) is 16.0. The van der Waals surface area contributed by atoms with Gasteiger partial charge in [0.25, 0.3) is 0 Å². The largest absolute Gasteiger partial charge is 0.345 e. The van der Waals surface area contributed by atoms with Gasteiger partial charge in [0.05, 0.1) is 38.6 Å². The Hall–Kier alpha value is -1.98. The highest BCUT2D eigenvalue weighted by Gasteiger charge is 2.23. The fourth-order valence-corrected chi connectivity index (χ4v) is 4.44. The second kappa shape index (κ2) is 6.15. The van der Waals surface area contributed by atoms with E-state index in [1.165, 1.54) is 27.0 Å². The molecule has 3 heterocycles. The number of aryl methyl sites for hydroxylation is 2. The first-order valence-electron chi connectivity index (χ1n) is 8.51. The van der Waals surface area contributed by atoms with Crippen molar-refractivity contribution >= 4 is 27.4 Å². The van der Waals surface area contributed by atoms with Crippen molar-refractivity contribution < 1.29 is 4.90 Å². The van der Waals surface area contributed by atoms with Crippen LogP contribution in [0.4, 0.5) is 5.82 Å². The van der Waals surface area contributed by atoms with Crippen molar-refractivity contribution in [3.05, 3.63) is 41.0 Å². The van der Waals surface area contributed by atoms with Crippen molar-refractivity contribution in [1.82, 2.24) is 9.97 Å². The van der Waals surface area contributed by atoms with Crippen molar-refractivity contribution in [2.75, 3.05) is 38.1 Å². The molecular formula is C19H23N4S+. The maximum atomic E-state index is 4.68. The lowest BCUT2D eigenvalue weighted by Gasteiger charge is -2.31. The Morgan fingerprint density at radius 3 is 2.46 bits per heavy atom. The van der Waals surface area contributed by atoms with Gasteiger partial charge in [-0.1, -0.05) is 29.8 Å². The molecule has 1 aromatic carbocycles. The molecule has 3 aromatic rings. The number of likely N-dealkylation sites (N-methyl/N-ethyl adjacent to an activating group) is 1. The number of benzene rings is 1. The van der Waals surface area contributed by atoms with Gasteiger partial charge in [0.2, 0.25) is 0 Å². The predicted molar refractivity (Wildman–Crippen MR) is 101 cm³/mol. The van der Waals surface area contributed by atoms with E-state index in [9.17, 15) is 0 Å². The number of nitrogens with zero attached hydrogens (tertiary/aromatic N) is 3. The summed E-state index contributed by atoms with van der Waals surface area (Å²) >= 11 is 1.77. The van der Waals surface area contributed by atoms with E-state index in [-0.39, 0.29) is 0 Å². The number of rotatable bonds is 2. The molecule has 1 saturated heterocycles. The quantitative estimate of drug-likeness (QED) is 0.778. The molecule has 4 nitrogen and oxygen atoms in total. The summed E-state index contributed by atoms with van der Waals surface area (Å²) in [4.78, 5) is 15.7. The highest BCUT2D eigenvalue weighted by molar-refractivity contribution is 7.19. The summed E-state index contributed by atoms with van der Waals surface area (Å²) in [6.07, 6.45) is 1.72. The molecule has 0 aliphatic carbocycles. The Balaban J connectivity index is 1.88. The van der Waals surface area contributed by atoms with E-state index in [4.69, 9.17) is 0 Å². The highest BCUT2D eigenvalue weighted by Crippen LogP contribution is 2.41. The van der Waals surface area contributed by atoms with E-state index >= 15 is 0 Å². The monoisotopic (exact) mass is 339 g/mol. The van der Waals surface area contributed by atoms with Crippen LogP contribution in [0.15, 0.2) is 30.6 Å². The van der Waals surface area contributed by atoms with Gasteiger partial charge in [0, 0.05) is 10.4 Å². The van der Waals surface area contributed by atoms with Gasteiger partial charge in [-0.2, -0.15) is 0 Å². The number of nitrogens with one attached hydrogen (secondary N) is 1. The maximum Gasteiger partial charge on any atom is 0.141 e. The predicted octanol–water partition coefficient (Wildman–Crippen LogP) is 2.31. The van der Waals surface area contributed by atoms with Gasteiger partial charge < -0.3 is 9.80 Å². The summed E-state index contributed by atoms with van der Waals surface area (Å²) in [6.45, 7) is 8.76. The SMILES string of the molecule is Cc1ccc(-c2c(C)sc3ncnc(N4CC[NH+](C)CC4)c23)cc1. The number of hydrogen-bond acceptors (Lipinski definition) is 4. The fourth-order valence-electron chi connectivity index (χ4n) is 3.44. The van der Waals surface area contributed by atoms with E-state index in [0.717, 1.165) is 36.8 Å². The number of quaternary nitrogens is 1. The Kier molecular flexibility index (Phi) is 3.98. The second-order valence-corrected chi connectivity index (χ2v) is 7.92. The molecule has 1 fully saturated rings. The number of fused-ring (bicyclic) bond motifs is 1. The molecule has 24 heavy (non-hydrogen) atoms. The average molecular weight is 339 g/mol. The highest BCUT2D eigenvalue weighted by atomic mass is 32.1. The third-order valence-electron chi connectivity index (χ3n) is 4.90. The van der Waals surface area contributed by atoms with Gasteiger partial charge in [-0.3, -0.25) is 0 Å². The van der Waals surface area contributed by atoms with Crippen molar-refractivity contribution in [3.63, 3.8) is 0 Å². The zero-order valence-corrected chi connectivity index (χ0v) is 15.3. The molecular weight excluding hydrogens is 316 g/mol. The minimum Gasteiger partial charge on any atom is -0.345 e. The second-order valence-electron chi connectivity index (χ2n) is 6.72. The Morgan fingerprint density at radius 1 is 1.04 bits per heavy atom. The van der Waals surface area contributed by atoms with Crippen LogP contribution in [-0.2, 0) is 0 Å². The molecule has 5 heteroatoms. The minimum absolute atomic E-state index is 1.06. The molecule has 0 unspecified atom stereocenters. The molecule has 0 bridgehead atoms. The summed E-state index contributed by atoms with van der Waals surface area (Å²) in [5, 5.41) is 1.23. The molecule has 4 rings (SSSR count). The van der Waals surface area contributed by atoms with Crippen LogP contribution in [0.2, 0.25) is 0 Å². The van der Waals surface area contributed by atoms with Crippen LogP contribution in [0.25, 0.3) is 21.3 Å². The molecule has 2 aromatic heterocycles. The molecule has 1 aliphatic rings. The average Bonchev–Trinajstić information content (AvgIpc) is 2.92. The lowest BCUT2D eigenvalue weighted by atomic mass is 10.0. The van der Waals surface area contributed by atoms with Crippen LogP contribution in [0.3, 0.4) is 0 Å². The Bertz CT molecular complexity index is 861. The molecule has 0 amide bonds. The fraction of sp³-hybridized carbons (Fsp3) is 0.368. The van der Waals surface area contributed by atoms with Crippen LogP contribution in [0.1, 0.15) is 10.4 Å². The standard InChI is InChI=1S/C19H22N4S/c1-13-4-6-15(7-5-13)16-14(2)24-19-17(16)18(20-12-21-19)23-10-8-22(3)9-11-23/h4-7,12H,8-11H2,1-3H3/p+1. The van der Waals surface area contributed by atoms with Crippen molar-refractivity contribution in [3.8, 4) is 11.1 Å². The van der Waals surface area contributed by atoms with E-state index < -0.39 is 0 Å². The minimum atomic E-state index is 1.06. The van der Waals surface area contributed by atoms with Crippen LogP contribution >= 0.6 is 11.3 Å². The van der Waals surface area contributed by atoms with Crippen molar-refractivity contribution in [2.24, 2.45) is 0 Å². The Morgan fingerprint density at radius 2 is 1.75 bits per heavy atom. The molecule has 1 aliphatic heterocycles. The number of hydrogen-bond donors (Lipinski definition) is 1. The topological polar surface area (TPSA) is 33.5 Å². The number of aromatic nitrogens is 2. The van der Waals surface area contributed by atoms with Crippen LogP contribution in [0, 0.1) is 13.8 Å². The maximum absolute atomic E-state index is 4.68. The number of thiophene rings is 1. The lowest BCUT2D eigenvalue weighted by Crippen LogP contribution is -3.12. The summed E-state index contributed by atoms with van der Waals surface area (Å²) < 4.78 is 0. The summed E-state index contributed by atoms with van der Waals surface area (Å²) in [5.74, 6) is 1.10. The molecule has 0 radical (unpaired) electrons. The van der Waals surface area contributed by atoms with Crippen LogP contribution in [0.5, 0.6) is 0 Å². The Labute approximate surface area is 146 Å². The van der Waals surface area contributed by atoms with Crippen LogP contribution in [-0.4, -0.2) is 43.2 Å². The lowest BCUT2D eigenvalue weighted by molar-refractivity contribution is -0.880. The van der Waals surface area contributed by atoms with Gasteiger partial charge in [0.15, 0.2) is 0 Å². The van der Waals surface area contributed by atoms with E-state index in [2.05, 4.69) is 60.0 Å². The molecule has 0 spiro atoms. The smallest absolute Gasteiger partial charge is 0.141 e. The third kappa shape index (κ3) is 2.68. The summed E-state index contributed by atoms with van der Waals surface area (Å²) in [6, 6.07) is 8.80. The summed E-state index contributed by atoms with van der Waals surface area (Å²) in [7, 11) is 2.26. The summed E-state index contributed by atoms with van der Waals surface area (Å²) in [5.41, 5.74) is 3.85. The van der Waals surface area contributed by atoms with Gasteiger partial charge in [-0.25, -0.2) is 9.97 Å². The first-order valence-corrected chi connectivity index (χ1v) is 9.32. The van der Waals surface area contributed by atoms with E-state index in [0.29, 0.717) is 0 Å². The van der Waals surface area contributed by atoms with Crippen molar-refractivity contribution in [2.45, 2.75) is 13.8 Å². The zero-order chi connectivity index (χ0) is 16.7. The van der Waals surface area contributed by atoms with Crippen molar-refractivity contribution in [1.29, 1.82) is 0 Å². The number of piperazine rings is 1. The van der Waals surface area contributed by atoms with Gasteiger partial charge in [-0.15, -0.1) is 11.3 Å². The zero-order valence-electron chi connectivity index (χ0n) is 14.5. The molecule has 0 saturated carbocycles. The first-order chi connectivity index (χ1) is 11.6. The molecule has 0 atom stereocenters. The molecule has 124 valence electrons. The number of anilines is 1. The van der Waals surface area contributed by atoms with E-state index in [1.54, 1.807) is 22.6 Å².